The van der Waals surface area contributed by atoms with Gasteiger partial charge in [-0.2, -0.15) is 0 Å². The summed E-state index contributed by atoms with van der Waals surface area (Å²) >= 11 is 0. The average Bonchev–Trinajstić information content (AvgIpc) is 3.19. The lowest BCUT2D eigenvalue weighted by atomic mass is 9.97. The molecule has 13 nitrogen and oxygen atoms in total. The summed E-state index contributed by atoms with van der Waals surface area (Å²) in [6.07, 6.45) is 1.55. The third-order valence-electron chi connectivity index (χ3n) is 6.11. The van der Waals surface area contributed by atoms with Gasteiger partial charge in [0.1, 0.15) is 6.04 Å². The molecule has 1 aliphatic heterocycles. The van der Waals surface area contributed by atoms with Crippen LogP contribution in [0.15, 0.2) is 24.3 Å². The Morgan fingerprint density at radius 2 is 1.74 bits per heavy atom. The van der Waals surface area contributed by atoms with Gasteiger partial charge in [0, 0.05) is 31.0 Å². The second-order valence-electron chi connectivity index (χ2n) is 10.1. The molecule has 1 aromatic carbocycles. The van der Waals surface area contributed by atoms with Crippen LogP contribution >= 0.6 is 0 Å². The maximum atomic E-state index is 12.6. The van der Waals surface area contributed by atoms with Crippen molar-refractivity contribution in [2.45, 2.75) is 59.3 Å². The zero-order valence-electron chi connectivity index (χ0n) is 24.9. The number of hydrogen-bond donors (Lipinski definition) is 5. The standard InChI is InChI=1S/C24H33BN4O6.C4H10N2O/c1-15(2)22(23(33)26-14-20(31)27-18-6-4-17(13-25)5-7-18)28-19(30)8-10-35-11-9-29-21(32)12-16(3)24(29)34;1-2-3-6-4(5)7/h4-7,15-16,22H,8-14H2,1-3H3,(H,26,33)(H,27,31)(H,28,30);2-3H2,1H3,(H3,5,6,7). The van der Waals surface area contributed by atoms with Gasteiger partial charge in [0.15, 0.2) is 0 Å². The highest BCUT2D eigenvalue weighted by Crippen LogP contribution is 2.18. The maximum Gasteiger partial charge on any atom is 0.312 e. The summed E-state index contributed by atoms with van der Waals surface area (Å²) in [5.74, 6) is -2.19. The molecule has 1 aromatic rings. The zero-order valence-corrected chi connectivity index (χ0v) is 24.9. The summed E-state index contributed by atoms with van der Waals surface area (Å²) in [5, 5.41) is 10.3. The number of hydrogen-bond acceptors (Lipinski definition) is 7. The summed E-state index contributed by atoms with van der Waals surface area (Å²) in [7, 11) is 5.55. The van der Waals surface area contributed by atoms with E-state index in [-0.39, 0.29) is 68.7 Å². The van der Waals surface area contributed by atoms with Crippen LogP contribution in [0.2, 0.25) is 0 Å². The quantitative estimate of drug-likeness (QED) is 0.112. The molecule has 0 bridgehead atoms. The largest absolute Gasteiger partial charge is 0.379 e. The Kier molecular flexibility index (Phi) is 16.5. The number of benzene rings is 1. The maximum absolute atomic E-state index is 12.6. The number of carbonyl (C=O) groups is 6. The van der Waals surface area contributed by atoms with E-state index in [4.69, 9.17) is 18.3 Å². The van der Waals surface area contributed by atoms with Crippen LogP contribution in [0.1, 0.15) is 52.5 Å². The predicted octanol–water partition coefficient (Wildman–Crippen LogP) is 0.417. The minimum absolute atomic E-state index is 0.00801. The highest BCUT2D eigenvalue weighted by molar-refractivity contribution is 6.08. The van der Waals surface area contributed by atoms with Crippen molar-refractivity contribution >= 4 is 49.1 Å². The normalized spacial score (nSPS) is 15.0. The van der Waals surface area contributed by atoms with Crippen LogP contribution in [0.4, 0.5) is 10.5 Å². The van der Waals surface area contributed by atoms with Gasteiger partial charge < -0.3 is 31.7 Å². The molecule has 1 fully saturated rings. The number of primary amides is 1. The number of likely N-dealkylation sites (tertiary alicyclic amines) is 1. The molecule has 2 atom stereocenters. The van der Waals surface area contributed by atoms with Gasteiger partial charge in [0.25, 0.3) is 0 Å². The Hall–Kier alpha value is -3.94. The van der Waals surface area contributed by atoms with Crippen LogP contribution < -0.4 is 27.0 Å². The third-order valence-corrected chi connectivity index (χ3v) is 6.11. The van der Waals surface area contributed by atoms with Gasteiger partial charge in [-0.25, -0.2) is 4.79 Å². The predicted molar refractivity (Wildman–Crippen MR) is 158 cm³/mol. The smallest absolute Gasteiger partial charge is 0.312 e. The van der Waals surface area contributed by atoms with Gasteiger partial charge in [0.2, 0.25) is 29.5 Å². The molecular formula is C28H43BN6O7. The van der Waals surface area contributed by atoms with Gasteiger partial charge in [-0.05, 0) is 24.5 Å². The molecule has 1 aliphatic rings. The molecular weight excluding hydrogens is 543 g/mol. The highest BCUT2D eigenvalue weighted by Gasteiger charge is 2.35. The summed E-state index contributed by atoms with van der Waals surface area (Å²) < 4.78 is 5.38. The second-order valence-corrected chi connectivity index (χ2v) is 10.1. The summed E-state index contributed by atoms with van der Waals surface area (Å²) in [4.78, 5) is 71.6. The molecule has 6 N–H and O–H groups in total. The van der Waals surface area contributed by atoms with Crippen molar-refractivity contribution in [3.63, 3.8) is 0 Å². The first-order valence-corrected chi connectivity index (χ1v) is 14.0. The van der Waals surface area contributed by atoms with Gasteiger partial charge in [-0.3, -0.25) is 28.9 Å². The molecule has 0 saturated carbocycles. The molecule has 1 saturated heterocycles. The number of ether oxygens (including phenoxy) is 1. The Bertz CT molecular complexity index is 1070. The monoisotopic (exact) mass is 586 g/mol. The van der Waals surface area contributed by atoms with Crippen molar-refractivity contribution in [3.05, 3.63) is 29.8 Å². The number of nitrogens with zero attached hydrogens (tertiary/aromatic N) is 1. The van der Waals surface area contributed by atoms with Crippen molar-refractivity contribution in [3.8, 4) is 0 Å². The average molecular weight is 586 g/mol. The van der Waals surface area contributed by atoms with Crippen molar-refractivity contribution in [1.82, 2.24) is 20.9 Å². The number of imide groups is 1. The first-order valence-electron chi connectivity index (χ1n) is 14.0. The third kappa shape index (κ3) is 13.6. The number of carbonyl (C=O) groups excluding carboxylic acids is 6. The van der Waals surface area contributed by atoms with Gasteiger partial charge in [0.05, 0.1) is 34.1 Å². The molecule has 2 rings (SSSR count). The lowest BCUT2D eigenvalue weighted by Gasteiger charge is -2.21. The van der Waals surface area contributed by atoms with E-state index >= 15 is 0 Å². The Morgan fingerprint density at radius 3 is 2.24 bits per heavy atom. The first-order chi connectivity index (χ1) is 19.9. The Balaban J connectivity index is 0.00000112. The van der Waals surface area contributed by atoms with Crippen LogP contribution in [-0.4, -0.2) is 87.2 Å². The SMILES string of the molecule is CCCNC(N)=O.[B]Cc1ccc(NC(=O)CNC(=O)C(NC(=O)CCOCCN2C(=O)CC(C)C2=O)C(C)C)cc1. The van der Waals surface area contributed by atoms with Gasteiger partial charge in [-0.1, -0.05) is 51.7 Å². The minimum atomic E-state index is -0.819. The van der Waals surface area contributed by atoms with Crippen LogP contribution in [-0.2, 0) is 35.0 Å². The summed E-state index contributed by atoms with van der Waals surface area (Å²) in [6, 6.07) is 5.79. The fraction of sp³-hybridized carbons (Fsp3) is 0.571. The van der Waals surface area contributed by atoms with E-state index in [0.717, 1.165) is 12.0 Å². The fourth-order valence-electron chi connectivity index (χ4n) is 3.74. The molecule has 0 aromatic heterocycles. The number of urea groups is 1. The fourth-order valence-corrected chi connectivity index (χ4v) is 3.74. The van der Waals surface area contributed by atoms with Crippen molar-refractivity contribution in [1.29, 1.82) is 0 Å². The van der Waals surface area contributed by atoms with E-state index < -0.39 is 23.9 Å². The lowest BCUT2D eigenvalue weighted by Crippen LogP contribution is -2.51. The molecule has 42 heavy (non-hydrogen) atoms. The van der Waals surface area contributed by atoms with E-state index in [9.17, 15) is 28.8 Å². The van der Waals surface area contributed by atoms with Crippen molar-refractivity contribution < 1.29 is 33.5 Å². The highest BCUT2D eigenvalue weighted by atomic mass is 16.5. The van der Waals surface area contributed by atoms with E-state index in [2.05, 4.69) is 21.3 Å². The Labute approximate surface area is 248 Å². The minimum Gasteiger partial charge on any atom is -0.379 e. The van der Waals surface area contributed by atoms with Crippen LogP contribution in [0.25, 0.3) is 0 Å². The number of rotatable bonds is 15. The lowest BCUT2D eigenvalue weighted by molar-refractivity contribution is -0.140. The molecule has 2 radical (unpaired) electrons. The molecule has 7 amide bonds. The van der Waals surface area contributed by atoms with Crippen molar-refractivity contribution in [2.24, 2.45) is 17.6 Å². The molecule has 2 unspecified atom stereocenters. The van der Waals surface area contributed by atoms with Crippen LogP contribution in [0, 0.1) is 11.8 Å². The van der Waals surface area contributed by atoms with Crippen molar-refractivity contribution in [2.75, 3.05) is 38.2 Å². The zero-order chi connectivity index (χ0) is 31.7. The van der Waals surface area contributed by atoms with E-state index in [1.165, 1.54) is 4.90 Å². The first kappa shape index (κ1) is 36.1. The Morgan fingerprint density at radius 1 is 1.07 bits per heavy atom. The molecule has 0 aliphatic carbocycles. The molecule has 230 valence electrons. The van der Waals surface area contributed by atoms with Gasteiger partial charge >= 0.3 is 6.03 Å². The topological polar surface area (TPSA) is 189 Å². The summed E-state index contributed by atoms with van der Waals surface area (Å²) in [6.45, 7) is 8.04. The van der Waals surface area contributed by atoms with Crippen LogP contribution in [0.5, 0.6) is 0 Å². The summed E-state index contributed by atoms with van der Waals surface area (Å²) in [5.41, 5.74) is 6.25. The number of amides is 7. The van der Waals surface area contributed by atoms with Gasteiger partial charge in [-0.15, -0.1) is 0 Å². The number of nitrogens with two attached hydrogens (primary N) is 1. The number of anilines is 1. The molecule has 1 heterocycles. The van der Waals surface area contributed by atoms with E-state index in [1.807, 2.05) is 6.92 Å². The molecule has 0 spiro atoms. The van der Waals surface area contributed by atoms with E-state index in [1.54, 1.807) is 45.0 Å². The van der Waals surface area contributed by atoms with E-state index in [0.29, 0.717) is 18.6 Å². The van der Waals surface area contributed by atoms with Crippen LogP contribution in [0.3, 0.4) is 0 Å². The number of nitrogens with one attached hydrogen (secondary N) is 4. The second kappa shape index (κ2) is 19.2. The molecule has 14 heteroatoms.